The van der Waals surface area contributed by atoms with E-state index in [4.69, 9.17) is 14.2 Å². The van der Waals surface area contributed by atoms with Crippen molar-refractivity contribution in [3.63, 3.8) is 0 Å². The molecule has 6 heteroatoms. The molecule has 0 aliphatic rings. The van der Waals surface area contributed by atoms with Crippen molar-refractivity contribution >= 4 is 17.9 Å². The van der Waals surface area contributed by atoms with E-state index in [-0.39, 0.29) is 37.5 Å². The smallest absolute Gasteiger partial charge is 0.306 e. The van der Waals surface area contributed by atoms with Crippen LogP contribution in [0.5, 0.6) is 0 Å². The quantitative estimate of drug-likeness (QED) is 0.0261. The predicted molar refractivity (Wildman–Crippen MR) is 352 cm³/mol. The second-order valence-electron chi connectivity index (χ2n) is 20.2. The molecule has 6 nitrogen and oxygen atoms in total. The van der Waals surface area contributed by atoms with Crippen LogP contribution in [0.2, 0.25) is 0 Å². The Labute approximate surface area is 497 Å². The molecule has 0 heterocycles. The van der Waals surface area contributed by atoms with Crippen LogP contribution in [0.1, 0.15) is 239 Å². The van der Waals surface area contributed by atoms with Gasteiger partial charge < -0.3 is 14.2 Å². The van der Waals surface area contributed by atoms with Crippen LogP contribution in [-0.2, 0) is 28.6 Å². The van der Waals surface area contributed by atoms with Crippen LogP contribution >= 0.6 is 0 Å². The Bertz CT molecular complexity index is 1950. The highest BCUT2D eigenvalue weighted by atomic mass is 16.6. The summed E-state index contributed by atoms with van der Waals surface area (Å²) in [7, 11) is 0. The summed E-state index contributed by atoms with van der Waals surface area (Å²) in [4.78, 5) is 37.9. The highest BCUT2D eigenvalue weighted by Gasteiger charge is 2.19. The number of rotatable bonds is 55. The number of hydrogen-bond acceptors (Lipinski definition) is 6. The summed E-state index contributed by atoms with van der Waals surface area (Å²) < 4.78 is 16.7. The molecule has 0 saturated heterocycles. The van der Waals surface area contributed by atoms with Crippen LogP contribution < -0.4 is 0 Å². The largest absolute Gasteiger partial charge is 0.462 e. The average molecular weight is 1110 g/mol. The Hall–Kier alpha value is -5.75. The molecule has 81 heavy (non-hydrogen) atoms. The minimum Gasteiger partial charge on any atom is -0.462 e. The van der Waals surface area contributed by atoms with E-state index < -0.39 is 6.10 Å². The molecule has 0 N–H and O–H groups in total. The summed E-state index contributed by atoms with van der Waals surface area (Å²) in [5.41, 5.74) is 0. The van der Waals surface area contributed by atoms with E-state index in [9.17, 15) is 14.4 Å². The molecular formula is C75H114O6. The van der Waals surface area contributed by atoms with Crippen LogP contribution in [0.4, 0.5) is 0 Å². The maximum Gasteiger partial charge on any atom is 0.306 e. The number of hydrogen-bond donors (Lipinski definition) is 0. The van der Waals surface area contributed by atoms with E-state index in [1.54, 1.807) is 0 Å². The lowest BCUT2D eigenvalue weighted by Gasteiger charge is -2.18. The third-order valence-corrected chi connectivity index (χ3v) is 12.6. The Morgan fingerprint density at radius 3 is 0.778 bits per heavy atom. The van der Waals surface area contributed by atoms with Crippen molar-refractivity contribution < 1.29 is 28.6 Å². The van der Waals surface area contributed by atoms with Gasteiger partial charge in [0, 0.05) is 19.3 Å². The number of carbonyl (C=O) groups excluding carboxylic acids is 3. The molecule has 0 amide bonds. The van der Waals surface area contributed by atoms with Gasteiger partial charge in [-0.15, -0.1) is 0 Å². The van der Waals surface area contributed by atoms with Gasteiger partial charge in [0.05, 0.1) is 0 Å². The van der Waals surface area contributed by atoms with Crippen molar-refractivity contribution in [3.8, 4) is 0 Å². The fourth-order valence-electron chi connectivity index (χ4n) is 7.88. The van der Waals surface area contributed by atoms with Gasteiger partial charge in [-0.05, 0) is 148 Å². The molecule has 0 spiro atoms. The van der Waals surface area contributed by atoms with Gasteiger partial charge in [0.1, 0.15) is 13.2 Å². The zero-order chi connectivity index (χ0) is 58.5. The predicted octanol–water partition coefficient (Wildman–Crippen LogP) is 22.2. The molecule has 0 bridgehead atoms. The van der Waals surface area contributed by atoms with Gasteiger partial charge in [-0.3, -0.25) is 14.4 Å². The lowest BCUT2D eigenvalue weighted by molar-refractivity contribution is -0.167. The SMILES string of the molecule is CC/C=C\C/C=C\C/C=C\C/C=C\C/C=C\C/C=C\C/C=C\C/C=C\CCCCCCCCC(=O)OCC(COC(=O)CCCCCCC)OC(=O)CCCC/C=C\C/C=C\C/C=C\C/C=C\C/C=C\C/C=C\C/C=C\C/C=C\CC. The first-order valence-electron chi connectivity index (χ1n) is 31.9. The van der Waals surface area contributed by atoms with E-state index in [1.807, 2.05) is 0 Å². The van der Waals surface area contributed by atoms with E-state index in [1.165, 1.54) is 12.8 Å². The van der Waals surface area contributed by atoms with Gasteiger partial charge in [0.25, 0.3) is 0 Å². The summed E-state index contributed by atoms with van der Waals surface area (Å²) in [6, 6.07) is 0. The lowest BCUT2D eigenvalue weighted by atomic mass is 10.1. The third-order valence-electron chi connectivity index (χ3n) is 12.6. The molecule has 0 fully saturated rings. The molecule has 0 aliphatic carbocycles. The van der Waals surface area contributed by atoms with Crippen molar-refractivity contribution in [1.82, 2.24) is 0 Å². The van der Waals surface area contributed by atoms with E-state index in [2.05, 4.69) is 215 Å². The molecule has 1 unspecified atom stereocenters. The summed E-state index contributed by atoms with van der Waals surface area (Å²) in [6.45, 7) is 6.25. The van der Waals surface area contributed by atoms with Crippen molar-refractivity contribution in [2.45, 2.75) is 245 Å². The maximum atomic E-state index is 12.8. The number of esters is 3. The van der Waals surface area contributed by atoms with Crippen molar-refractivity contribution in [3.05, 3.63) is 194 Å². The van der Waals surface area contributed by atoms with Gasteiger partial charge in [-0.2, -0.15) is 0 Å². The Kier molecular flexibility index (Phi) is 62.0. The highest BCUT2D eigenvalue weighted by Crippen LogP contribution is 2.12. The number of unbranched alkanes of at least 4 members (excludes halogenated alkanes) is 12. The molecule has 0 radical (unpaired) electrons. The van der Waals surface area contributed by atoms with Gasteiger partial charge in [-0.1, -0.05) is 267 Å². The third kappa shape index (κ3) is 64.9. The summed E-state index contributed by atoms with van der Waals surface area (Å²) in [5.74, 6) is -0.996. The van der Waals surface area contributed by atoms with Gasteiger partial charge in [0.2, 0.25) is 0 Å². The van der Waals surface area contributed by atoms with Crippen LogP contribution in [0.3, 0.4) is 0 Å². The summed E-state index contributed by atoms with van der Waals surface area (Å²) in [6.07, 6.45) is 102. The first-order chi connectivity index (χ1) is 40.0. The molecule has 0 saturated carbocycles. The van der Waals surface area contributed by atoms with Crippen LogP contribution in [0.25, 0.3) is 0 Å². The summed E-state index contributed by atoms with van der Waals surface area (Å²) >= 11 is 0. The first kappa shape index (κ1) is 75.2. The monoisotopic (exact) mass is 1110 g/mol. The first-order valence-corrected chi connectivity index (χ1v) is 31.9. The van der Waals surface area contributed by atoms with Crippen LogP contribution in [-0.4, -0.2) is 37.2 Å². The van der Waals surface area contributed by atoms with Crippen molar-refractivity contribution in [2.75, 3.05) is 13.2 Å². The average Bonchev–Trinajstić information content (AvgIpc) is 3.47. The molecule has 0 aromatic rings. The second kappa shape index (κ2) is 66.8. The standard InChI is InChI=1S/C75H114O6/c1-4-7-10-13-15-17-19-21-23-25-27-29-31-33-35-36-37-38-40-41-43-45-47-49-51-53-55-57-59-62-65-68-74(77)80-71-72(70-79-73(76)67-64-61-12-9-6-3)81-75(78)69-66-63-60-58-56-54-52-50-48-46-44-42-39-34-32-30-28-26-24-22-20-18-16-14-11-8-5-2/h7-8,10-11,15-18,21-24,27-30,33-35,37-39,41,43-44,46-47,49-50,52,56,58,72H,4-6,9,12-14,19-20,25-26,31-32,36,40,42,45,48,51,53-55,57,59-71H2,1-3H3/b10-7-,11-8-,17-15-,18-16-,23-21-,24-22-,29-27-,30-28-,35-33-,38-37-,39-34-,43-41-,46-44-,49-47-,52-50-,58-56-. The highest BCUT2D eigenvalue weighted by molar-refractivity contribution is 5.71. The fraction of sp³-hybridized carbons (Fsp3) is 0.533. The summed E-state index contributed by atoms with van der Waals surface area (Å²) in [5, 5.41) is 0. The molecule has 1 atom stereocenters. The van der Waals surface area contributed by atoms with Crippen LogP contribution in [0.15, 0.2) is 194 Å². The topological polar surface area (TPSA) is 78.9 Å². The second-order valence-corrected chi connectivity index (χ2v) is 20.2. The minimum absolute atomic E-state index is 0.111. The maximum absolute atomic E-state index is 12.8. The number of allylic oxidation sites excluding steroid dienone is 32. The minimum atomic E-state index is -0.816. The zero-order valence-electron chi connectivity index (χ0n) is 51.5. The molecule has 0 aromatic carbocycles. The Morgan fingerprint density at radius 1 is 0.259 bits per heavy atom. The molecule has 0 aliphatic heterocycles. The van der Waals surface area contributed by atoms with Gasteiger partial charge in [-0.25, -0.2) is 0 Å². The molecule has 0 rings (SSSR count). The van der Waals surface area contributed by atoms with E-state index in [0.29, 0.717) is 19.3 Å². The molecule has 450 valence electrons. The van der Waals surface area contributed by atoms with Gasteiger partial charge in [0.15, 0.2) is 6.10 Å². The van der Waals surface area contributed by atoms with Gasteiger partial charge >= 0.3 is 17.9 Å². The van der Waals surface area contributed by atoms with Crippen LogP contribution in [0, 0.1) is 0 Å². The molecular weight excluding hydrogens is 997 g/mol. The molecule has 0 aromatic heterocycles. The normalized spacial score (nSPS) is 13.5. The Morgan fingerprint density at radius 2 is 0.481 bits per heavy atom. The van der Waals surface area contributed by atoms with E-state index in [0.717, 1.165) is 180 Å². The Balaban J connectivity index is 4.24. The van der Waals surface area contributed by atoms with Crippen molar-refractivity contribution in [2.24, 2.45) is 0 Å². The zero-order valence-corrected chi connectivity index (χ0v) is 51.5. The fourth-order valence-corrected chi connectivity index (χ4v) is 7.88. The number of ether oxygens (including phenoxy) is 3. The van der Waals surface area contributed by atoms with E-state index >= 15 is 0 Å². The lowest BCUT2D eigenvalue weighted by Crippen LogP contribution is -2.30. The van der Waals surface area contributed by atoms with Crippen molar-refractivity contribution in [1.29, 1.82) is 0 Å². The number of carbonyl (C=O) groups is 3.